The van der Waals surface area contributed by atoms with Crippen molar-refractivity contribution in [3.63, 3.8) is 0 Å². The predicted molar refractivity (Wildman–Crippen MR) is 87.9 cm³/mol. The fraction of sp³-hybridized carbons (Fsp3) is 0.556. The Hall–Kier alpha value is -1.88. The van der Waals surface area contributed by atoms with Gasteiger partial charge in [-0.3, -0.25) is 9.59 Å². The first-order valence-corrected chi connectivity index (χ1v) is 8.59. The Morgan fingerprint density at radius 2 is 1.70 bits per heavy atom. The van der Waals surface area contributed by atoms with Gasteiger partial charge in [0.05, 0.1) is 5.92 Å². The van der Waals surface area contributed by atoms with Crippen molar-refractivity contribution < 1.29 is 9.59 Å². The Kier molecular flexibility index (Phi) is 3.60. The third-order valence-corrected chi connectivity index (χ3v) is 5.61. The summed E-state index contributed by atoms with van der Waals surface area (Å²) in [6, 6.07) is 7.44. The number of nitrogens with two attached hydrogens (primary N) is 1. The van der Waals surface area contributed by atoms with Crippen LogP contribution >= 0.6 is 0 Å². The molecule has 2 amide bonds. The van der Waals surface area contributed by atoms with Crippen molar-refractivity contribution >= 4 is 17.5 Å². The maximum atomic E-state index is 12.5. The number of carbonyl (C=O) groups excluding carboxylic acids is 2. The molecule has 4 rings (SSSR count). The van der Waals surface area contributed by atoms with Gasteiger partial charge in [-0.15, -0.1) is 0 Å². The van der Waals surface area contributed by atoms with E-state index in [1.54, 1.807) is 24.3 Å². The molecule has 0 radical (unpaired) electrons. The summed E-state index contributed by atoms with van der Waals surface area (Å²) >= 11 is 0. The van der Waals surface area contributed by atoms with Crippen LogP contribution in [0.1, 0.15) is 42.5 Å². The molecule has 5 nitrogen and oxygen atoms in total. The van der Waals surface area contributed by atoms with Crippen LogP contribution in [0.4, 0.5) is 5.69 Å². The number of fused-ring (bicyclic) bond motifs is 2. The minimum absolute atomic E-state index is 0.00246. The third-order valence-electron chi connectivity index (χ3n) is 5.61. The molecule has 5 heteroatoms. The van der Waals surface area contributed by atoms with Gasteiger partial charge in [-0.2, -0.15) is 0 Å². The van der Waals surface area contributed by atoms with Crippen LogP contribution < -0.4 is 16.4 Å². The van der Waals surface area contributed by atoms with Crippen LogP contribution in [0, 0.1) is 17.8 Å². The number of hydrogen-bond donors (Lipinski definition) is 3. The highest BCUT2D eigenvalue weighted by atomic mass is 16.2. The molecule has 3 saturated carbocycles. The largest absolute Gasteiger partial charge is 0.349 e. The Morgan fingerprint density at radius 3 is 2.30 bits per heavy atom. The standard InChI is InChI=1S/C18H23N3O2/c19-16-12-2-1-11(9-12)15(16)18(23)21-13-5-3-10(4-6-13)17(22)20-14-7-8-14/h3-6,11-12,14-16H,1-2,7-9,19H2,(H,20,22)(H,21,23). The molecule has 4 atom stereocenters. The van der Waals surface area contributed by atoms with Crippen LogP contribution in [0.5, 0.6) is 0 Å². The van der Waals surface area contributed by atoms with E-state index in [4.69, 9.17) is 5.73 Å². The zero-order chi connectivity index (χ0) is 16.0. The number of carbonyl (C=O) groups is 2. The summed E-state index contributed by atoms with van der Waals surface area (Å²) < 4.78 is 0. The molecule has 0 heterocycles. The number of nitrogens with one attached hydrogen (secondary N) is 2. The van der Waals surface area contributed by atoms with E-state index in [0.29, 0.717) is 23.4 Å². The van der Waals surface area contributed by atoms with Crippen LogP contribution in [-0.4, -0.2) is 23.9 Å². The van der Waals surface area contributed by atoms with E-state index in [-0.39, 0.29) is 23.8 Å². The fourth-order valence-corrected chi connectivity index (χ4v) is 4.15. The van der Waals surface area contributed by atoms with E-state index >= 15 is 0 Å². The van der Waals surface area contributed by atoms with E-state index < -0.39 is 0 Å². The van der Waals surface area contributed by atoms with Gasteiger partial charge in [0.1, 0.15) is 0 Å². The number of amides is 2. The second kappa shape index (κ2) is 5.64. The van der Waals surface area contributed by atoms with Crippen LogP contribution in [0.15, 0.2) is 24.3 Å². The highest BCUT2D eigenvalue weighted by molar-refractivity contribution is 5.96. The first-order chi connectivity index (χ1) is 11.1. The molecule has 4 N–H and O–H groups in total. The van der Waals surface area contributed by atoms with Gasteiger partial charge in [-0.05, 0) is 68.2 Å². The van der Waals surface area contributed by atoms with Gasteiger partial charge >= 0.3 is 0 Å². The lowest BCUT2D eigenvalue weighted by atomic mass is 9.84. The van der Waals surface area contributed by atoms with E-state index in [1.807, 2.05) is 0 Å². The van der Waals surface area contributed by atoms with E-state index in [9.17, 15) is 9.59 Å². The Bertz CT molecular complexity index is 622. The summed E-state index contributed by atoms with van der Waals surface area (Å²) in [5.74, 6) is 0.884. The van der Waals surface area contributed by atoms with Crippen molar-refractivity contribution in [2.45, 2.75) is 44.2 Å². The second-order valence-corrected chi connectivity index (χ2v) is 7.25. The van der Waals surface area contributed by atoms with Gasteiger partial charge in [-0.1, -0.05) is 0 Å². The normalized spacial score (nSPS) is 31.9. The summed E-state index contributed by atoms with van der Waals surface area (Å²) in [6.45, 7) is 0. The summed E-state index contributed by atoms with van der Waals surface area (Å²) in [5, 5.41) is 5.92. The van der Waals surface area contributed by atoms with Crippen LogP contribution in [0.2, 0.25) is 0 Å². The highest BCUT2D eigenvalue weighted by Crippen LogP contribution is 2.47. The van der Waals surface area contributed by atoms with Crippen molar-refractivity contribution in [1.29, 1.82) is 0 Å². The quantitative estimate of drug-likeness (QED) is 0.793. The van der Waals surface area contributed by atoms with Gasteiger partial charge in [-0.25, -0.2) is 0 Å². The lowest BCUT2D eigenvalue weighted by Gasteiger charge is -2.27. The molecule has 1 aromatic rings. The Morgan fingerprint density at radius 1 is 1.00 bits per heavy atom. The van der Waals surface area contributed by atoms with Gasteiger partial charge in [0, 0.05) is 23.3 Å². The molecule has 122 valence electrons. The highest BCUT2D eigenvalue weighted by Gasteiger charge is 2.49. The summed E-state index contributed by atoms with van der Waals surface area (Å²) in [4.78, 5) is 24.5. The molecule has 23 heavy (non-hydrogen) atoms. The average Bonchev–Trinajstić information content (AvgIpc) is 3.13. The summed E-state index contributed by atoms with van der Waals surface area (Å²) in [7, 11) is 0. The predicted octanol–water partition coefficient (Wildman–Crippen LogP) is 1.89. The lowest BCUT2D eigenvalue weighted by Crippen LogP contribution is -2.42. The van der Waals surface area contributed by atoms with Crippen LogP contribution in [0.25, 0.3) is 0 Å². The van der Waals surface area contributed by atoms with Crippen molar-refractivity contribution in [1.82, 2.24) is 5.32 Å². The summed E-state index contributed by atoms with van der Waals surface area (Å²) in [5.41, 5.74) is 7.58. The van der Waals surface area contributed by atoms with Gasteiger partial charge in [0.2, 0.25) is 5.91 Å². The molecule has 3 aliphatic rings. The van der Waals surface area contributed by atoms with E-state index in [0.717, 1.165) is 31.4 Å². The molecule has 0 saturated heterocycles. The lowest BCUT2D eigenvalue weighted by molar-refractivity contribution is -0.121. The zero-order valence-corrected chi connectivity index (χ0v) is 13.1. The van der Waals surface area contributed by atoms with E-state index in [2.05, 4.69) is 10.6 Å². The molecular weight excluding hydrogens is 290 g/mol. The zero-order valence-electron chi connectivity index (χ0n) is 13.1. The SMILES string of the molecule is NC1C2CCC(C2)C1C(=O)Nc1ccc(C(=O)NC2CC2)cc1. The van der Waals surface area contributed by atoms with E-state index in [1.165, 1.54) is 6.42 Å². The van der Waals surface area contributed by atoms with Crippen LogP contribution in [-0.2, 0) is 4.79 Å². The van der Waals surface area contributed by atoms with Crippen molar-refractivity contribution in [3.05, 3.63) is 29.8 Å². The number of rotatable bonds is 4. The molecule has 3 fully saturated rings. The minimum atomic E-state index is -0.0633. The fourth-order valence-electron chi connectivity index (χ4n) is 4.15. The van der Waals surface area contributed by atoms with Gasteiger partial charge in [0.25, 0.3) is 5.91 Å². The monoisotopic (exact) mass is 313 g/mol. The molecule has 2 bridgehead atoms. The van der Waals surface area contributed by atoms with Crippen molar-refractivity contribution in [3.8, 4) is 0 Å². The number of hydrogen-bond acceptors (Lipinski definition) is 3. The van der Waals surface area contributed by atoms with Crippen molar-refractivity contribution in [2.75, 3.05) is 5.32 Å². The third kappa shape index (κ3) is 2.85. The minimum Gasteiger partial charge on any atom is -0.349 e. The molecule has 1 aromatic carbocycles. The first kappa shape index (κ1) is 14.7. The molecule has 0 spiro atoms. The maximum Gasteiger partial charge on any atom is 0.251 e. The number of anilines is 1. The molecule has 0 aliphatic heterocycles. The molecule has 0 aromatic heterocycles. The van der Waals surface area contributed by atoms with Crippen LogP contribution in [0.3, 0.4) is 0 Å². The Labute approximate surface area is 136 Å². The molecule has 3 aliphatic carbocycles. The second-order valence-electron chi connectivity index (χ2n) is 7.25. The smallest absolute Gasteiger partial charge is 0.251 e. The molecular formula is C18H23N3O2. The summed E-state index contributed by atoms with van der Waals surface area (Å²) in [6.07, 6.45) is 5.53. The first-order valence-electron chi connectivity index (χ1n) is 8.59. The van der Waals surface area contributed by atoms with Gasteiger partial charge < -0.3 is 16.4 Å². The van der Waals surface area contributed by atoms with Gasteiger partial charge in [0.15, 0.2) is 0 Å². The average molecular weight is 313 g/mol. The topological polar surface area (TPSA) is 84.2 Å². The Balaban J connectivity index is 1.38. The maximum absolute atomic E-state index is 12.5. The van der Waals surface area contributed by atoms with Crippen molar-refractivity contribution in [2.24, 2.45) is 23.5 Å². The number of benzene rings is 1. The molecule has 4 unspecified atom stereocenters.